The number of rotatable bonds is 9. The minimum atomic E-state index is -3.88. The monoisotopic (exact) mass is 467 g/mol. The fourth-order valence-corrected chi connectivity index (χ4v) is 4.72. The smallest absolute Gasteiger partial charge is 0.241 e. The molecule has 2 aromatic carbocycles. The summed E-state index contributed by atoms with van der Waals surface area (Å²) in [4.78, 5) is 13.0. The van der Waals surface area contributed by atoms with Crippen LogP contribution in [0.4, 0.5) is 0 Å². The molecule has 10 heteroatoms. The van der Waals surface area contributed by atoms with Crippen molar-refractivity contribution in [3.63, 3.8) is 0 Å². The van der Waals surface area contributed by atoms with Gasteiger partial charge in [0.2, 0.25) is 26.0 Å². The molecule has 0 heterocycles. The number of hydrogen-bond acceptors (Lipinski definition) is 5. The van der Waals surface area contributed by atoms with Crippen LogP contribution in [0.15, 0.2) is 58.3 Å². The molecule has 2 aromatic rings. The second-order valence-corrected chi connectivity index (χ2v) is 11.2. The Hall–Kier alpha value is -2.27. The maximum atomic E-state index is 12.9. The van der Waals surface area contributed by atoms with Gasteiger partial charge in [-0.15, -0.1) is 0 Å². The van der Waals surface area contributed by atoms with E-state index < -0.39 is 38.0 Å². The molecule has 2 atom stereocenters. The molecule has 1 amide bonds. The van der Waals surface area contributed by atoms with Gasteiger partial charge in [0.15, 0.2) is 0 Å². The van der Waals surface area contributed by atoms with Crippen LogP contribution in [0.1, 0.15) is 44.4 Å². The van der Waals surface area contributed by atoms with Crippen molar-refractivity contribution in [2.45, 2.75) is 56.0 Å². The minimum absolute atomic E-state index is 0.0293. The number of aryl methyl sites for hydroxylation is 1. The number of benzene rings is 2. The molecule has 4 N–H and O–H groups in total. The first-order chi connectivity index (χ1) is 14.3. The number of carbonyl (C=O) groups excluding carboxylic acids is 1. The molecule has 0 aliphatic rings. The first kappa shape index (κ1) is 25.0. The van der Waals surface area contributed by atoms with Crippen molar-refractivity contribution < 1.29 is 21.6 Å². The first-order valence-electron chi connectivity index (χ1n) is 9.81. The lowest BCUT2D eigenvalue weighted by Gasteiger charge is -2.23. The number of nitrogens with one attached hydrogen (secondary N) is 2. The average molecular weight is 468 g/mol. The van der Waals surface area contributed by atoms with Crippen LogP contribution in [0.2, 0.25) is 0 Å². The molecule has 0 bridgehead atoms. The van der Waals surface area contributed by atoms with Gasteiger partial charge in [-0.1, -0.05) is 43.7 Å². The van der Waals surface area contributed by atoms with Gasteiger partial charge in [-0.05, 0) is 56.0 Å². The van der Waals surface area contributed by atoms with Crippen molar-refractivity contribution in [3.05, 3.63) is 59.7 Å². The molecular weight excluding hydrogens is 438 g/mol. The zero-order chi connectivity index (χ0) is 23.4. The van der Waals surface area contributed by atoms with Crippen molar-refractivity contribution in [3.8, 4) is 0 Å². The van der Waals surface area contributed by atoms with Crippen LogP contribution >= 0.6 is 0 Å². The van der Waals surface area contributed by atoms with Crippen LogP contribution in [0.25, 0.3) is 0 Å². The van der Waals surface area contributed by atoms with Crippen LogP contribution < -0.4 is 15.2 Å². The van der Waals surface area contributed by atoms with Crippen LogP contribution in [-0.2, 0) is 24.8 Å². The molecular formula is C21H29N3O5S2. The summed E-state index contributed by atoms with van der Waals surface area (Å²) in [6, 6.07) is 10.8. The molecule has 31 heavy (non-hydrogen) atoms. The predicted molar refractivity (Wildman–Crippen MR) is 119 cm³/mol. The highest BCUT2D eigenvalue weighted by Gasteiger charge is 2.27. The highest BCUT2D eigenvalue weighted by Crippen LogP contribution is 2.18. The summed E-state index contributed by atoms with van der Waals surface area (Å²) in [5.74, 6) is -0.395. The summed E-state index contributed by atoms with van der Waals surface area (Å²) in [5.41, 5.74) is 1.59. The number of hydrogen-bond donors (Lipinski definition) is 3. The highest BCUT2D eigenvalue weighted by atomic mass is 32.2. The SMILES string of the molecule is Cc1ccc(S(=O)(=O)N[C@@H](CC(C)C)C(=O)N[C@@H](C)c2ccc(S(N)(=O)=O)cc2)cc1. The van der Waals surface area contributed by atoms with Crippen molar-refractivity contribution in [1.82, 2.24) is 10.0 Å². The number of primary sulfonamides is 1. The molecule has 0 unspecified atom stereocenters. The summed E-state index contributed by atoms with van der Waals surface area (Å²) >= 11 is 0. The van der Waals surface area contributed by atoms with Gasteiger partial charge in [0, 0.05) is 0 Å². The van der Waals surface area contributed by atoms with Crippen molar-refractivity contribution in [1.29, 1.82) is 0 Å². The maximum Gasteiger partial charge on any atom is 0.241 e. The zero-order valence-corrected chi connectivity index (χ0v) is 19.6. The van der Waals surface area contributed by atoms with Gasteiger partial charge < -0.3 is 5.32 Å². The summed E-state index contributed by atoms with van der Waals surface area (Å²) in [7, 11) is -7.69. The van der Waals surface area contributed by atoms with Gasteiger partial charge in [0.25, 0.3) is 0 Å². The summed E-state index contributed by atoms with van der Waals surface area (Å²) in [6.45, 7) is 7.38. The van der Waals surface area contributed by atoms with Crippen molar-refractivity contribution in [2.75, 3.05) is 0 Å². The lowest BCUT2D eigenvalue weighted by molar-refractivity contribution is -0.123. The lowest BCUT2D eigenvalue weighted by atomic mass is 10.0. The predicted octanol–water partition coefficient (Wildman–Crippen LogP) is 2.21. The Balaban J connectivity index is 2.18. The van der Waals surface area contributed by atoms with Gasteiger partial charge in [0.05, 0.1) is 15.8 Å². The number of carbonyl (C=O) groups is 1. The average Bonchev–Trinajstić information content (AvgIpc) is 2.66. The Kier molecular flexibility index (Phi) is 7.98. The standard InChI is InChI=1S/C21H29N3O5S2/c1-14(2)13-20(24-31(28,29)19-9-5-15(3)6-10-19)21(25)23-16(4)17-7-11-18(12-8-17)30(22,26)27/h5-12,14,16,20,24H,13H2,1-4H3,(H,23,25)(H2,22,26,27)/t16-,20-/m0/s1. The second kappa shape index (κ2) is 9.90. The van der Waals surface area contributed by atoms with Crippen molar-refractivity contribution >= 4 is 26.0 Å². The molecule has 0 aliphatic carbocycles. The molecule has 8 nitrogen and oxygen atoms in total. The molecule has 0 fully saturated rings. The van der Waals surface area contributed by atoms with E-state index in [0.717, 1.165) is 5.56 Å². The van der Waals surface area contributed by atoms with E-state index in [-0.39, 0.29) is 15.7 Å². The summed E-state index contributed by atoms with van der Waals surface area (Å²) < 4.78 is 50.8. The van der Waals surface area contributed by atoms with E-state index in [9.17, 15) is 21.6 Å². The van der Waals surface area contributed by atoms with E-state index >= 15 is 0 Å². The molecule has 2 rings (SSSR count). The molecule has 0 aromatic heterocycles. The number of sulfonamides is 2. The molecule has 170 valence electrons. The third-order valence-electron chi connectivity index (χ3n) is 4.72. The van der Waals surface area contributed by atoms with Gasteiger partial charge in [-0.3, -0.25) is 4.79 Å². The molecule has 0 radical (unpaired) electrons. The fraction of sp³-hybridized carbons (Fsp3) is 0.381. The third-order valence-corrected chi connectivity index (χ3v) is 7.14. The van der Waals surface area contributed by atoms with Crippen LogP contribution in [0.3, 0.4) is 0 Å². The van der Waals surface area contributed by atoms with E-state index in [1.54, 1.807) is 31.2 Å². The Labute approximate surface area is 184 Å². The quantitative estimate of drug-likeness (QED) is 0.520. The van der Waals surface area contributed by atoms with E-state index in [1.165, 1.54) is 24.3 Å². The molecule has 0 saturated carbocycles. The highest BCUT2D eigenvalue weighted by molar-refractivity contribution is 7.89. The van der Waals surface area contributed by atoms with Gasteiger partial charge in [-0.2, -0.15) is 4.72 Å². The first-order valence-corrected chi connectivity index (χ1v) is 12.8. The lowest BCUT2D eigenvalue weighted by Crippen LogP contribution is -2.47. The summed E-state index contributed by atoms with van der Waals surface area (Å²) in [5, 5.41) is 7.90. The topological polar surface area (TPSA) is 135 Å². The Morgan fingerprint density at radius 3 is 1.90 bits per heavy atom. The van der Waals surface area contributed by atoms with E-state index in [1.807, 2.05) is 20.8 Å². The third kappa shape index (κ3) is 7.13. The zero-order valence-electron chi connectivity index (χ0n) is 18.0. The normalized spacial score (nSPS) is 14.3. The minimum Gasteiger partial charge on any atom is -0.348 e. The molecule has 0 aliphatic heterocycles. The van der Waals surface area contributed by atoms with Crippen LogP contribution in [-0.4, -0.2) is 28.8 Å². The van der Waals surface area contributed by atoms with E-state index in [4.69, 9.17) is 5.14 Å². The number of nitrogens with two attached hydrogens (primary N) is 1. The summed E-state index contributed by atoms with van der Waals surface area (Å²) in [6.07, 6.45) is 0.313. The molecule has 0 spiro atoms. The Morgan fingerprint density at radius 1 is 0.903 bits per heavy atom. The van der Waals surface area contributed by atoms with Gasteiger partial charge in [-0.25, -0.2) is 22.0 Å². The molecule has 0 saturated heterocycles. The fourth-order valence-electron chi connectivity index (χ4n) is 3.00. The largest absolute Gasteiger partial charge is 0.348 e. The van der Waals surface area contributed by atoms with Crippen LogP contribution in [0.5, 0.6) is 0 Å². The van der Waals surface area contributed by atoms with Gasteiger partial charge >= 0.3 is 0 Å². The van der Waals surface area contributed by atoms with Gasteiger partial charge in [0.1, 0.15) is 6.04 Å². The number of amides is 1. The van der Waals surface area contributed by atoms with E-state index in [0.29, 0.717) is 12.0 Å². The van der Waals surface area contributed by atoms with E-state index in [2.05, 4.69) is 10.0 Å². The Bertz CT molecular complexity index is 1110. The Morgan fingerprint density at radius 2 is 1.42 bits per heavy atom. The second-order valence-electron chi connectivity index (χ2n) is 7.96. The maximum absolute atomic E-state index is 12.9. The van der Waals surface area contributed by atoms with Crippen LogP contribution in [0, 0.1) is 12.8 Å². The van der Waals surface area contributed by atoms with Crippen molar-refractivity contribution in [2.24, 2.45) is 11.1 Å².